The minimum atomic E-state index is -0.907. The second-order valence-electron chi connectivity index (χ2n) is 4.65. The fourth-order valence-corrected chi connectivity index (χ4v) is 2.94. The molecule has 19 heavy (non-hydrogen) atoms. The van der Waals surface area contributed by atoms with E-state index in [0.29, 0.717) is 11.4 Å². The lowest BCUT2D eigenvalue weighted by molar-refractivity contribution is 0.0684. The number of imidazole rings is 1. The number of aryl methyl sites for hydroxylation is 1. The molecule has 1 N–H and O–H groups in total. The number of fused-ring (bicyclic) bond motifs is 1. The summed E-state index contributed by atoms with van der Waals surface area (Å²) in [7, 11) is 0. The third kappa shape index (κ3) is 2.18. The lowest BCUT2D eigenvalue weighted by Crippen LogP contribution is -2.16. The highest BCUT2D eigenvalue weighted by Crippen LogP contribution is 2.29. The number of hydrogen-bond donors (Lipinski definition) is 1. The summed E-state index contributed by atoms with van der Waals surface area (Å²) < 4.78 is 2.77. The van der Waals surface area contributed by atoms with Gasteiger partial charge in [-0.3, -0.25) is 0 Å². The maximum absolute atomic E-state index is 11.5. The van der Waals surface area contributed by atoms with Crippen molar-refractivity contribution in [1.29, 1.82) is 0 Å². The average Bonchev–Trinajstić information content (AvgIpc) is 2.78. The van der Waals surface area contributed by atoms with Crippen LogP contribution in [0.4, 0.5) is 0 Å². The molecule has 1 aliphatic heterocycles. The molecule has 0 saturated heterocycles. The Morgan fingerprint density at radius 2 is 2.21 bits per heavy atom. The third-order valence-electron chi connectivity index (χ3n) is 3.38. The van der Waals surface area contributed by atoms with Gasteiger partial charge in [0.25, 0.3) is 0 Å². The zero-order valence-corrected chi connectivity index (χ0v) is 11.9. The van der Waals surface area contributed by atoms with Gasteiger partial charge in [0.05, 0.1) is 0 Å². The standard InChI is InChI=1S/C14H13BrN2O2/c15-10-5-3-4-9(8-10)12-13(14(18)19)17-7-2-1-6-11(17)16-12/h3-5,8H,1-2,6-7H2,(H,18,19). The quantitative estimate of drug-likeness (QED) is 0.923. The normalized spacial score (nSPS) is 14.2. The van der Waals surface area contributed by atoms with Crippen LogP contribution in [-0.2, 0) is 13.0 Å². The number of halogens is 1. The van der Waals surface area contributed by atoms with E-state index in [0.717, 1.165) is 41.7 Å². The fraction of sp³-hybridized carbons (Fsp3) is 0.286. The number of hydrogen-bond acceptors (Lipinski definition) is 2. The molecule has 0 fully saturated rings. The third-order valence-corrected chi connectivity index (χ3v) is 3.87. The van der Waals surface area contributed by atoms with Crippen LogP contribution in [0.2, 0.25) is 0 Å². The van der Waals surface area contributed by atoms with E-state index >= 15 is 0 Å². The van der Waals surface area contributed by atoms with Crippen LogP contribution in [0.15, 0.2) is 28.7 Å². The molecule has 98 valence electrons. The van der Waals surface area contributed by atoms with E-state index in [2.05, 4.69) is 20.9 Å². The predicted octanol–water partition coefficient (Wildman–Crippen LogP) is 3.35. The fourth-order valence-electron chi connectivity index (χ4n) is 2.54. The Morgan fingerprint density at radius 1 is 1.37 bits per heavy atom. The summed E-state index contributed by atoms with van der Waals surface area (Å²) in [5.41, 5.74) is 1.73. The summed E-state index contributed by atoms with van der Waals surface area (Å²) in [6, 6.07) is 7.61. The summed E-state index contributed by atoms with van der Waals surface area (Å²) in [4.78, 5) is 16.1. The summed E-state index contributed by atoms with van der Waals surface area (Å²) in [5.74, 6) is -0.0192. The Labute approximate surface area is 119 Å². The number of carboxylic acids is 1. The second-order valence-corrected chi connectivity index (χ2v) is 5.57. The highest BCUT2D eigenvalue weighted by Gasteiger charge is 2.25. The molecule has 1 aromatic carbocycles. The Bertz CT molecular complexity index is 649. The number of benzene rings is 1. The van der Waals surface area contributed by atoms with Gasteiger partial charge in [0, 0.05) is 23.0 Å². The van der Waals surface area contributed by atoms with Crippen LogP contribution in [0, 0.1) is 0 Å². The summed E-state index contributed by atoms with van der Waals surface area (Å²) in [6.07, 6.45) is 2.95. The molecule has 1 aliphatic rings. The number of carboxylic acid groups (broad SMARTS) is 1. The van der Waals surface area contributed by atoms with E-state index in [9.17, 15) is 9.90 Å². The SMILES string of the molecule is O=C(O)c1c(-c2cccc(Br)c2)nc2n1CCCC2. The molecule has 0 amide bonds. The minimum absolute atomic E-state index is 0.313. The van der Waals surface area contributed by atoms with Crippen LogP contribution in [0.1, 0.15) is 29.2 Å². The highest BCUT2D eigenvalue weighted by molar-refractivity contribution is 9.10. The van der Waals surface area contributed by atoms with Gasteiger partial charge in [0.15, 0.2) is 5.69 Å². The van der Waals surface area contributed by atoms with Crippen molar-refractivity contribution in [3.05, 3.63) is 40.3 Å². The van der Waals surface area contributed by atoms with Crippen LogP contribution < -0.4 is 0 Å². The van der Waals surface area contributed by atoms with Crippen molar-refractivity contribution < 1.29 is 9.90 Å². The number of aromatic nitrogens is 2. The second kappa shape index (κ2) is 4.81. The molecule has 0 bridgehead atoms. The topological polar surface area (TPSA) is 55.1 Å². The lowest BCUT2D eigenvalue weighted by Gasteiger charge is -2.14. The van der Waals surface area contributed by atoms with E-state index in [1.165, 1.54) is 0 Å². The molecule has 0 atom stereocenters. The molecule has 4 nitrogen and oxygen atoms in total. The van der Waals surface area contributed by atoms with Crippen molar-refractivity contribution >= 4 is 21.9 Å². The first-order chi connectivity index (χ1) is 9.16. The minimum Gasteiger partial charge on any atom is -0.477 e. The van der Waals surface area contributed by atoms with Crippen molar-refractivity contribution in [3.63, 3.8) is 0 Å². The zero-order chi connectivity index (χ0) is 13.4. The van der Waals surface area contributed by atoms with E-state index in [-0.39, 0.29) is 0 Å². The molecule has 1 aromatic heterocycles. The molecule has 2 aromatic rings. The summed E-state index contributed by atoms with van der Waals surface area (Å²) >= 11 is 3.41. The van der Waals surface area contributed by atoms with E-state index in [1.54, 1.807) is 0 Å². The van der Waals surface area contributed by atoms with Gasteiger partial charge in [-0.05, 0) is 25.0 Å². The van der Waals surface area contributed by atoms with E-state index < -0.39 is 5.97 Å². The maximum atomic E-state index is 11.5. The number of rotatable bonds is 2. The molecule has 0 spiro atoms. The first-order valence-corrected chi connectivity index (χ1v) is 7.05. The van der Waals surface area contributed by atoms with Gasteiger partial charge in [0.1, 0.15) is 11.5 Å². The molecule has 2 heterocycles. The first kappa shape index (κ1) is 12.4. The van der Waals surface area contributed by atoms with E-state index in [4.69, 9.17) is 0 Å². The maximum Gasteiger partial charge on any atom is 0.354 e. The van der Waals surface area contributed by atoms with Crippen molar-refractivity contribution in [2.75, 3.05) is 0 Å². The lowest BCUT2D eigenvalue weighted by atomic mass is 10.1. The average molecular weight is 321 g/mol. The van der Waals surface area contributed by atoms with Gasteiger partial charge in [-0.25, -0.2) is 9.78 Å². The number of nitrogens with zero attached hydrogens (tertiary/aromatic N) is 2. The van der Waals surface area contributed by atoms with Gasteiger partial charge >= 0.3 is 5.97 Å². The molecular formula is C14H13BrN2O2. The number of aromatic carboxylic acids is 1. The Balaban J connectivity index is 2.20. The molecular weight excluding hydrogens is 308 g/mol. The van der Waals surface area contributed by atoms with Gasteiger partial charge in [-0.2, -0.15) is 0 Å². The van der Waals surface area contributed by atoms with Crippen LogP contribution in [0.5, 0.6) is 0 Å². The van der Waals surface area contributed by atoms with Crippen LogP contribution in [0.25, 0.3) is 11.3 Å². The molecule has 3 rings (SSSR count). The van der Waals surface area contributed by atoms with Crippen LogP contribution in [-0.4, -0.2) is 20.6 Å². The van der Waals surface area contributed by atoms with Crippen LogP contribution in [0.3, 0.4) is 0 Å². The Kier molecular flexibility index (Phi) is 3.14. The van der Waals surface area contributed by atoms with Gasteiger partial charge in [-0.15, -0.1) is 0 Å². The van der Waals surface area contributed by atoms with Crippen molar-refractivity contribution in [3.8, 4) is 11.3 Å². The van der Waals surface area contributed by atoms with Crippen molar-refractivity contribution in [1.82, 2.24) is 9.55 Å². The first-order valence-electron chi connectivity index (χ1n) is 6.25. The molecule has 0 saturated carbocycles. The summed E-state index contributed by atoms with van der Waals surface area (Å²) in [6.45, 7) is 0.748. The molecule has 0 unspecified atom stereocenters. The Morgan fingerprint density at radius 3 is 2.95 bits per heavy atom. The smallest absolute Gasteiger partial charge is 0.354 e. The largest absolute Gasteiger partial charge is 0.477 e. The molecule has 0 aliphatic carbocycles. The van der Waals surface area contributed by atoms with Gasteiger partial charge in [-0.1, -0.05) is 28.1 Å². The monoisotopic (exact) mass is 320 g/mol. The zero-order valence-electron chi connectivity index (χ0n) is 10.3. The molecule has 5 heteroatoms. The highest BCUT2D eigenvalue weighted by atomic mass is 79.9. The molecule has 0 radical (unpaired) electrons. The predicted molar refractivity (Wildman–Crippen MR) is 75.3 cm³/mol. The van der Waals surface area contributed by atoms with Gasteiger partial charge in [0.2, 0.25) is 0 Å². The van der Waals surface area contributed by atoms with Crippen LogP contribution >= 0.6 is 15.9 Å². The van der Waals surface area contributed by atoms with Gasteiger partial charge < -0.3 is 9.67 Å². The van der Waals surface area contributed by atoms with Crippen molar-refractivity contribution in [2.45, 2.75) is 25.8 Å². The van der Waals surface area contributed by atoms with Crippen molar-refractivity contribution in [2.24, 2.45) is 0 Å². The number of carbonyl (C=O) groups is 1. The summed E-state index contributed by atoms with van der Waals surface area (Å²) in [5, 5.41) is 9.47. The van der Waals surface area contributed by atoms with E-state index in [1.807, 2.05) is 28.8 Å². The Hall–Kier alpha value is -1.62.